The summed E-state index contributed by atoms with van der Waals surface area (Å²) >= 11 is 3.39. The maximum atomic E-state index is 12.5. The van der Waals surface area contributed by atoms with Gasteiger partial charge in [-0.1, -0.05) is 22.0 Å². The maximum absolute atomic E-state index is 12.5. The monoisotopic (exact) mass is 299 g/mol. The molecule has 1 heterocycles. The van der Waals surface area contributed by atoms with Gasteiger partial charge in [-0.25, -0.2) is 9.18 Å². The molecule has 0 saturated carbocycles. The van der Waals surface area contributed by atoms with Crippen LogP contribution in [0.15, 0.2) is 28.9 Å². The molecule has 0 aliphatic carbocycles. The Bertz CT molecular complexity index is 565. The first-order valence-corrected chi connectivity index (χ1v) is 5.90. The summed E-state index contributed by atoms with van der Waals surface area (Å²) in [6, 6.07) is 5.54. The minimum atomic E-state index is -0.475. The molecule has 0 unspecified atom stereocenters. The van der Waals surface area contributed by atoms with Crippen LogP contribution in [-0.4, -0.2) is 24.3 Å². The highest BCUT2D eigenvalue weighted by atomic mass is 79.9. The van der Waals surface area contributed by atoms with Gasteiger partial charge in [0.05, 0.1) is 24.7 Å². The first kappa shape index (κ1) is 12.1. The van der Waals surface area contributed by atoms with Crippen LogP contribution in [0, 0.1) is 0 Å². The Morgan fingerprint density at radius 3 is 2.94 bits per heavy atom. The van der Waals surface area contributed by atoms with Gasteiger partial charge in [0.25, 0.3) is 0 Å². The molecule has 2 rings (SSSR count). The van der Waals surface area contributed by atoms with Crippen LogP contribution in [0.3, 0.4) is 0 Å². The lowest BCUT2D eigenvalue weighted by atomic mass is 10.2. The SMILES string of the molecule is COC(=O)c1cn(CCF)c2cccc(Br)c12. The Labute approximate surface area is 106 Å². The van der Waals surface area contributed by atoms with Crippen molar-refractivity contribution >= 4 is 32.8 Å². The van der Waals surface area contributed by atoms with Gasteiger partial charge in [0.2, 0.25) is 0 Å². The summed E-state index contributed by atoms with van der Waals surface area (Å²) in [5.74, 6) is -0.417. The number of carbonyl (C=O) groups excluding carboxylic acids is 1. The van der Waals surface area contributed by atoms with E-state index in [1.165, 1.54) is 7.11 Å². The minimum Gasteiger partial charge on any atom is -0.465 e. The molecule has 90 valence electrons. The summed E-state index contributed by atoms with van der Waals surface area (Å²) in [4.78, 5) is 11.6. The van der Waals surface area contributed by atoms with Crippen molar-refractivity contribution in [2.45, 2.75) is 6.54 Å². The molecule has 1 aromatic heterocycles. The number of benzene rings is 1. The predicted molar refractivity (Wildman–Crippen MR) is 67.0 cm³/mol. The number of carbonyl (C=O) groups is 1. The average molecular weight is 300 g/mol. The Morgan fingerprint density at radius 2 is 2.29 bits per heavy atom. The van der Waals surface area contributed by atoms with Gasteiger partial charge in [0.15, 0.2) is 0 Å². The molecule has 0 saturated heterocycles. The van der Waals surface area contributed by atoms with Crippen molar-refractivity contribution in [2.24, 2.45) is 0 Å². The Hall–Kier alpha value is -1.36. The predicted octanol–water partition coefficient (Wildman–Crippen LogP) is 3.16. The molecule has 0 fully saturated rings. The molecule has 0 atom stereocenters. The molecule has 0 aliphatic heterocycles. The molecule has 5 heteroatoms. The van der Waals surface area contributed by atoms with Crippen LogP contribution in [-0.2, 0) is 11.3 Å². The van der Waals surface area contributed by atoms with Crippen LogP contribution >= 0.6 is 15.9 Å². The van der Waals surface area contributed by atoms with E-state index in [-0.39, 0.29) is 6.54 Å². The van der Waals surface area contributed by atoms with Gasteiger partial charge in [-0.3, -0.25) is 0 Å². The van der Waals surface area contributed by atoms with Crippen molar-refractivity contribution in [3.05, 3.63) is 34.4 Å². The number of aryl methyl sites for hydroxylation is 1. The standard InChI is InChI=1S/C12H11BrFNO2/c1-17-12(16)8-7-15(6-5-14)10-4-2-3-9(13)11(8)10/h2-4,7H,5-6H2,1H3. The lowest BCUT2D eigenvalue weighted by molar-refractivity contribution is 0.0602. The fraction of sp³-hybridized carbons (Fsp3) is 0.250. The fourth-order valence-electron chi connectivity index (χ4n) is 1.85. The van der Waals surface area contributed by atoms with Crippen molar-refractivity contribution in [3.63, 3.8) is 0 Å². The summed E-state index contributed by atoms with van der Waals surface area (Å²) in [5.41, 5.74) is 1.26. The van der Waals surface area contributed by atoms with E-state index in [1.807, 2.05) is 18.2 Å². The molecule has 0 bridgehead atoms. The summed E-state index contributed by atoms with van der Waals surface area (Å²) < 4.78 is 19.7. The first-order chi connectivity index (χ1) is 8.19. The second kappa shape index (κ2) is 4.87. The zero-order valence-corrected chi connectivity index (χ0v) is 10.8. The minimum absolute atomic E-state index is 0.226. The van der Waals surface area contributed by atoms with E-state index in [0.29, 0.717) is 5.56 Å². The van der Waals surface area contributed by atoms with Gasteiger partial charge in [0.1, 0.15) is 6.67 Å². The van der Waals surface area contributed by atoms with E-state index >= 15 is 0 Å². The molecule has 0 N–H and O–H groups in total. The molecule has 0 amide bonds. The Kier molecular flexibility index (Phi) is 3.47. The fourth-order valence-corrected chi connectivity index (χ4v) is 2.42. The van der Waals surface area contributed by atoms with Crippen molar-refractivity contribution in [1.29, 1.82) is 0 Å². The number of alkyl halides is 1. The van der Waals surface area contributed by atoms with Gasteiger partial charge < -0.3 is 9.30 Å². The number of rotatable bonds is 3. The lowest BCUT2D eigenvalue weighted by Crippen LogP contribution is -2.01. The van der Waals surface area contributed by atoms with Crippen LogP contribution in [0.25, 0.3) is 10.9 Å². The summed E-state index contributed by atoms with van der Waals surface area (Å²) in [6.45, 7) is -0.249. The molecule has 3 nitrogen and oxygen atoms in total. The zero-order chi connectivity index (χ0) is 12.4. The van der Waals surface area contributed by atoms with E-state index in [4.69, 9.17) is 4.74 Å². The molecule has 1 aromatic carbocycles. The number of nitrogens with zero attached hydrogens (tertiary/aromatic N) is 1. The average Bonchev–Trinajstić information content (AvgIpc) is 2.69. The van der Waals surface area contributed by atoms with Crippen LogP contribution in [0.1, 0.15) is 10.4 Å². The molecule has 0 aliphatic rings. The summed E-state index contributed by atoms with van der Waals surface area (Å²) in [5, 5.41) is 0.757. The largest absolute Gasteiger partial charge is 0.465 e. The van der Waals surface area contributed by atoms with E-state index in [1.54, 1.807) is 10.8 Å². The molecular formula is C12H11BrFNO2. The number of esters is 1. The third kappa shape index (κ3) is 2.07. The number of aromatic nitrogens is 1. The smallest absolute Gasteiger partial charge is 0.340 e. The highest BCUT2D eigenvalue weighted by molar-refractivity contribution is 9.10. The second-order valence-corrected chi connectivity index (χ2v) is 4.41. The number of methoxy groups -OCH3 is 1. The van der Waals surface area contributed by atoms with Crippen LogP contribution in [0.4, 0.5) is 4.39 Å². The number of halogens is 2. The van der Waals surface area contributed by atoms with Gasteiger partial charge in [-0.15, -0.1) is 0 Å². The topological polar surface area (TPSA) is 31.2 Å². The number of fused-ring (bicyclic) bond motifs is 1. The molecule has 0 radical (unpaired) electrons. The van der Waals surface area contributed by atoms with E-state index < -0.39 is 12.6 Å². The second-order valence-electron chi connectivity index (χ2n) is 3.55. The van der Waals surface area contributed by atoms with Crippen LogP contribution < -0.4 is 0 Å². The van der Waals surface area contributed by atoms with Crippen molar-refractivity contribution < 1.29 is 13.9 Å². The highest BCUT2D eigenvalue weighted by Crippen LogP contribution is 2.29. The number of hydrogen-bond donors (Lipinski definition) is 0. The molecule has 17 heavy (non-hydrogen) atoms. The normalized spacial score (nSPS) is 10.8. The van der Waals surface area contributed by atoms with Gasteiger partial charge in [-0.05, 0) is 12.1 Å². The van der Waals surface area contributed by atoms with E-state index in [2.05, 4.69) is 15.9 Å². The van der Waals surface area contributed by atoms with Gasteiger partial charge in [-0.2, -0.15) is 0 Å². The van der Waals surface area contributed by atoms with Gasteiger partial charge in [0, 0.05) is 16.1 Å². The van der Waals surface area contributed by atoms with Crippen molar-refractivity contribution in [3.8, 4) is 0 Å². The Balaban J connectivity index is 2.71. The van der Waals surface area contributed by atoms with E-state index in [0.717, 1.165) is 15.4 Å². The summed E-state index contributed by atoms with van der Waals surface area (Å²) in [6.07, 6.45) is 1.63. The maximum Gasteiger partial charge on any atom is 0.340 e. The number of ether oxygens (including phenoxy) is 1. The Morgan fingerprint density at radius 1 is 1.53 bits per heavy atom. The van der Waals surface area contributed by atoms with E-state index in [9.17, 15) is 9.18 Å². The third-order valence-electron chi connectivity index (χ3n) is 2.59. The number of hydrogen-bond acceptors (Lipinski definition) is 2. The van der Waals surface area contributed by atoms with Crippen molar-refractivity contribution in [1.82, 2.24) is 4.57 Å². The third-order valence-corrected chi connectivity index (χ3v) is 3.25. The molecule has 0 spiro atoms. The molecule has 2 aromatic rings. The molecular weight excluding hydrogens is 289 g/mol. The van der Waals surface area contributed by atoms with Crippen molar-refractivity contribution in [2.75, 3.05) is 13.8 Å². The first-order valence-electron chi connectivity index (χ1n) is 5.10. The zero-order valence-electron chi connectivity index (χ0n) is 9.24. The lowest BCUT2D eigenvalue weighted by Gasteiger charge is -2.01. The van der Waals surface area contributed by atoms with Crippen LogP contribution in [0.2, 0.25) is 0 Å². The summed E-state index contributed by atoms with van der Waals surface area (Å²) in [7, 11) is 1.33. The highest BCUT2D eigenvalue weighted by Gasteiger charge is 2.17. The van der Waals surface area contributed by atoms with Gasteiger partial charge >= 0.3 is 5.97 Å². The van der Waals surface area contributed by atoms with Crippen LogP contribution in [0.5, 0.6) is 0 Å². The quantitative estimate of drug-likeness (QED) is 0.815.